The summed E-state index contributed by atoms with van der Waals surface area (Å²) in [5.41, 5.74) is 4.34. The molecule has 0 bridgehead atoms. The Morgan fingerprint density at radius 1 is 1.08 bits per heavy atom. The van der Waals surface area contributed by atoms with Crippen molar-refractivity contribution in [3.8, 4) is 11.5 Å². The summed E-state index contributed by atoms with van der Waals surface area (Å²) < 4.78 is 0. The maximum absolute atomic E-state index is 11.8. The molecule has 0 aliphatic carbocycles. The number of phenolic OH excluding ortho intramolecular Hbond substituents is 2. The fourth-order valence-corrected chi connectivity index (χ4v) is 2.04. The van der Waals surface area contributed by atoms with Crippen molar-refractivity contribution in [3.63, 3.8) is 0 Å². The van der Waals surface area contributed by atoms with Gasteiger partial charge >= 0.3 is 0 Å². The van der Waals surface area contributed by atoms with Crippen molar-refractivity contribution in [2.24, 2.45) is 5.10 Å². The number of anilines is 1. The average molecular weight is 341 g/mol. The van der Waals surface area contributed by atoms with Crippen molar-refractivity contribution in [1.29, 1.82) is 0 Å². The van der Waals surface area contributed by atoms with Crippen molar-refractivity contribution in [1.82, 2.24) is 5.43 Å². The molecular weight excluding hydrogens is 322 g/mol. The van der Waals surface area contributed by atoms with E-state index in [4.69, 9.17) is 0 Å². The molecule has 0 saturated carbocycles. The minimum atomic E-state index is -0.422. The molecule has 7 nitrogen and oxygen atoms in total. The van der Waals surface area contributed by atoms with Crippen LogP contribution < -0.4 is 10.7 Å². The number of nitrogens with zero attached hydrogens (tertiary/aromatic N) is 1. The molecule has 0 fully saturated rings. The van der Waals surface area contributed by atoms with Gasteiger partial charge in [0.25, 0.3) is 0 Å². The number of aryl methyl sites for hydroxylation is 1. The van der Waals surface area contributed by atoms with E-state index in [0.717, 1.165) is 5.56 Å². The average Bonchev–Trinajstić information content (AvgIpc) is 2.55. The molecule has 0 saturated heterocycles. The highest BCUT2D eigenvalue weighted by Gasteiger charge is 2.07. The molecule has 0 radical (unpaired) electrons. The van der Waals surface area contributed by atoms with Crippen LogP contribution in [0.1, 0.15) is 24.0 Å². The van der Waals surface area contributed by atoms with Crippen LogP contribution in [0, 0.1) is 6.92 Å². The lowest BCUT2D eigenvalue weighted by Crippen LogP contribution is -2.20. The van der Waals surface area contributed by atoms with Gasteiger partial charge in [0.2, 0.25) is 11.8 Å². The number of hydrogen-bond donors (Lipinski definition) is 4. The van der Waals surface area contributed by atoms with Gasteiger partial charge < -0.3 is 15.5 Å². The van der Waals surface area contributed by atoms with Crippen LogP contribution in [0.15, 0.2) is 47.6 Å². The minimum absolute atomic E-state index is 0.0173. The van der Waals surface area contributed by atoms with Gasteiger partial charge in [-0.15, -0.1) is 0 Å². The van der Waals surface area contributed by atoms with E-state index in [0.29, 0.717) is 11.3 Å². The topological polar surface area (TPSA) is 111 Å². The molecule has 0 aromatic heterocycles. The van der Waals surface area contributed by atoms with Gasteiger partial charge in [-0.05, 0) is 36.8 Å². The van der Waals surface area contributed by atoms with E-state index in [2.05, 4.69) is 15.8 Å². The quantitative estimate of drug-likeness (QED) is 0.477. The standard InChI is InChI=1S/C18H19N3O4/c1-12-3-2-4-14(9-12)20-17(24)7-8-18(25)21-19-11-13-5-6-15(22)10-16(13)23/h2-6,9-11,22-23H,7-8H2,1H3,(H,20,24)(H,21,25)/b19-11-. The van der Waals surface area contributed by atoms with E-state index in [1.807, 2.05) is 25.1 Å². The van der Waals surface area contributed by atoms with Crippen LogP contribution in [0.3, 0.4) is 0 Å². The molecule has 4 N–H and O–H groups in total. The van der Waals surface area contributed by atoms with Gasteiger partial charge in [0.05, 0.1) is 6.21 Å². The second-order valence-electron chi connectivity index (χ2n) is 5.45. The maximum atomic E-state index is 11.8. The van der Waals surface area contributed by atoms with Crippen LogP contribution in [0.4, 0.5) is 5.69 Å². The SMILES string of the molecule is Cc1cccc(NC(=O)CCC(=O)N/N=C\c2ccc(O)cc2O)c1. The van der Waals surface area contributed by atoms with Gasteiger partial charge in [-0.2, -0.15) is 5.10 Å². The predicted molar refractivity (Wildman–Crippen MR) is 94.6 cm³/mol. The number of rotatable bonds is 6. The Kier molecular flexibility index (Phi) is 6.11. The summed E-state index contributed by atoms with van der Waals surface area (Å²) in [4.78, 5) is 23.5. The van der Waals surface area contributed by atoms with Gasteiger partial charge in [-0.25, -0.2) is 5.43 Å². The molecule has 0 unspecified atom stereocenters. The summed E-state index contributed by atoms with van der Waals surface area (Å²) in [6, 6.07) is 11.4. The summed E-state index contributed by atoms with van der Waals surface area (Å²) in [7, 11) is 0. The van der Waals surface area contributed by atoms with Crippen LogP contribution in [0.2, 0.25) is 0 Å². The van der Waals surface area contributed by atoms with Crippen LogP contribution in [-0.2, 0) is 9.59 Å². The van der Waals surface area contributed by atoms with E-state index in [9.17, 15) is 19.8 Å². The van der Waals surface area contributed by atoms with Gasteiger partial charge in [-0.3, -0.25) is 9.59 Å². The molecule has 2 aromatic rings. The highest BCUT2D eigenvalue weighted by Crippen LogP contribution is 2.20. The normalized spacial score (nSPS) is 10.6. The number of hydrogen-bond acceptors (Lipinski definition) is 5. The van der Waals surface area contributed by atoms with Crippen LogP contribution in [-0.4, -0.2) is 28.2 Å². The third-order valence-corrected chi connectivity index (χ3v) is 3.29. The molecule has 2 aromatic carbocycles. The van der Waals surface area contributed by atoms with Gasteiger partial charge in [0.15, 0.2) is 0 Å². The molecule has 7 heteroatoms. The first-order valence-electron chi connectivity index (χ1n) is 7.64. The Balaban J connectivity index is 1.76. The summed E-state index contributed by atoms with van der Waals surface area (Å²) in [6.45, 7) is 1.92. The first kappa shape index (κ1) is 18.0. The zero-order chi connectivity index (χ0) is 18.2. The number of amides is 2. The molecule has 0 spiro atoms. The summed E-state index contributed by atoms with van der Waals surface area (Å²) in [5.74, 6) is -0.913. The van der Waals surface area contributed by atoms with E-state index >= 15 is 0 Å². The molecule has 0 aliphatic rings. The van der Waals surface area contributed by atoms with Crippen molar-refractivity contribution < 1.29 is 19.8 Å². The molecule has 130 valence electrons. The fourth-order valence-electron chi connectivity index (χ4n) is 2.04. The molecule has 0 atom stereocenters. The maximum Gasteiger partial charge on any atom is 0.240 e. The van der Waals surface area contributed by atoms with E-state index in [1.165, 1.54) is 24.4 Å². The van der Waals surface area contributed by atoms with Crippen LogP contribution in [0.25, 0.3) is 0 Å². The largest absolute Gasteiger partial charge is 0.508 e. The predicted octanol–water partition coefficient (Wildman–Crippen LogP) is 2.28. The lowest BCUT2D eigenvalue weighted by atomic mass is 10.2. The Morgan fingerprint density at radius 2 is 1.84 bits per heavy atom. The van der Waals surface area contributed by atoms with Crippen LogP contribution >= 0.6 is 0 Å². The van der Waals surface area contributed by atoms with E-state index < -0.39 is 5.91 Å². The first-order chi connectivity index (χ1) is 11.9. The first-order valence-corrected chi connectivity index (χ1v) is 7.64. The second kappa shape index (κ2) is 8.49. The molecule has 25 heavy (non-hydrogen) atoms. The highest BCUT2D eigenvalue weighted by atomic mass is 16.3. The summed E-state index contributed by atoms with van der Waals surface area (Å²) >= 11 is 0. The Hall–Kier alpha value is -3.35. The van der Waals surface area contributed by atoms with E-state index in [-0.39, 0.29) is 30.2 Å². The molecule has 2 rings (SSSR count). The molecular formula is C18H19N3O4. The number of benzene rings is 2. The summed E-state index contributed by atoms with van der Waals surface area (Å²) in [5, 5.41) is 25.2. The van der Waals surface area contributed by atoms with Crippen molar-refractivity contribution in [2.45, 2.75) is 19.8 Å². The molecule has 0 heterocycles. The second-order valence-corrected chi connectivity index (χ2v) is 5.45. The van der Waals surface area contributed by atoms with Crippen LogP contribution in [0.5, 0.6) is 11.5 Å². The lowest BCUT2D eigenvalue weighted by molar-refractivity contribution is -0.124. The van der Waals surface area contributed by atoms with Crippen molar-refractivity contribution in [2.75, 3.05) is 5.32 Å². The van der Waals surface area contributed by atoms with Gasteiger partial charge in [-0.1, -0.05) is 12.1 Å². The molecule has 0 aliphatic heterocycles. The van der Waals surface area contributed by atoms with Crippen molar-refractivity contribution in [3.05, 3.63) is 53.6 Å². The van der Waals surface area contributed by atoms with Gasteiger partial charge in [0.1, 0.15) is 11.5 Å². The fraction of sp³-hybridized carbons (Fsp3) is 0.167. The Bertz CT molecular complexity index is 803. The highest BCUT2D eigenvalue weighted by molar-refractivity contribution is 5.93. The number of nitrogens with one attached hydrogen (secondary N) is 2. The van der Waals surface area contributed by atoms with Crippen molar-refractivity contribution >= 4 is 23.7 Å². The third-order valence-electron chi connectivity index (χ3n) is 3.29. The molecule has 2 amide bonds. The number of hydrazone groups is 1. The monoisotopic (exact) mass is 341 g/mol. The lowest BCUT2D eigenvalue weighted by Gasteiger charge is -2.05. The zero-order valence-electron chi connectivity index (χ0n) is 13.7. The number of aromatic hydroxyl groups is 2. The Morgan fingerprint density at radius 3 is 2.56 bits per heavy atom. The Labute approximate surface area is 145 Å². The zero-order valence-corrected chi connectivity index (χ0v) is 13.7. The van der Waals surface area contributed by atoms with Gasteiger partial charge in [0, 0.05) is 30.2 Å². The smallest absolute Gasteiger partial charge is 0.240 e. The number of carbonyl (C=O) groups is 2. The number of phenols is 2. The number of carbonyl (C=O) groups excluding carboxylic acids is 2. The summed E-state index contributed by atoms with van der Waals surface area (Å²) in [6.07, 6.45) is 1.26. The van der Waals surface area contributed by atoms with E-state index in [1.54, 1.807) is 6.07 Å². The minimum Gasteiger partial charge on any atom is -0.508 e. The third kappa shape index (κ3) is 5.98.